The lowest BCUT2D eigenvalue weighted by atomic mass is 10.2. The number of aromatic nitrogens is 1. The fourth-order valence-corrected chi connectivity index (χ4v) is 4.67. The van der Waals surface area contributed by atoms with Gasteiger partial charge in [-0.05, 0) is 41.3 Å². The second-order valence-corrected chi connectivity index (χ2v) is 8.41. The summed E-state index contributed by atoms with van der Waals surface area (Å²) in [5.74, 6) is 0. The molecule has 3 aromatic rings. The highest BCUT2D eigenvalue weighted by Gasteiger charge is 2.19. The van der Waals surface area contributed by atoms with Crippen molar-refractivity contribution in [3.8, 4) is 10.6 Å². The molecular weight excluding hydrogens is 387 g/mol. The van der Waals surface area contributed by atoms with E-state index in [-0.39, 0.29) is 16.5 Å². The van der Waals surface area contributed by atoms with Crippen LogP contribution in [0.2, 0.25) is 10.0 Å². The number of sulfonamides is 1. The average Bonchev–Trinajstić information content (AvgIpc) is 3.10. The van der Waals surface area contributed by atoms with Gasteiger partial charge in [0.05, 0.1) is 15.6 Å². The predicted octanol–water partition coefficient (Wildman–Crippen LogP) is 4.60. The largest absolute Gasteiger partial charge is 0.255 e. The van der Waals surface area contributed by atoms with Crippen molar-refractivity contribution in [1.82, 2.24) is 9.71 Å². The van der Waals surface area contributed by atoms with Gasteiger partial charge >= 0.3 is 0 Å². The molecule has 0 spiro atoms. The minimum Gasteiger partial charge on any atom is -0.255 e. The van der Waals surface area contributed by atoms with E-state index in [2.05, 4.69) is 9.71 Å². The first-order chi connectivity index (χ1) is 11.5. The van der Waals surface area contributed by atoms with Crippen LogP contribution in [0.1, 0.15) is 5.56 Å². The topological polar surface area (TPSA) is 59.1 Å². The van der Waals surface area contributed by atoms with Gasteiger partial charge in [-0.15, -0.1) is 11.3 Å². The van der Waals surface area contributed by atoms with E-state index in [0.29, 0.717) is 5.02 Å². The number of hydrogen-bond donors (Lipinski definition) is 1. The molecule has 124 valence electrons. The van der Waals surface area contributed by atoms with E-state index >= 15 is 0 Å². The second kappa shape index (κ2) is 7.21. The molecule has 0 aliphatic rings. The van der Waals surface area contributed by atoms with Crippen LogP contribution in [0.25, 0.3) is 10.6 Å². The van der Waals surface area contributed by atoms with Crippen LogP contribution in [0.4, 0.5) is 0 Å². The van der Waals surface area contributed by atoms with Crippen molar-refractivity contribution in [3.05, 3.63) is 69.7 Å². The van der Waals surface area contributed by atoms with Gasteiger partial charge in [0, 0.05) is 17.8 Å². The van der Waals surface area contributed by atoms with Gasteiger partial charge in [-0.2, -0.15) is 0 Å². The van der Waals surface area contributed by atoms with Crippen molar-refractivity contribution in [2.24, 2.45) is 0 Å². The summed E-state index contributed by atoms with van der Waals surface area (Å²) >= 11 is 13.4. The molecule has 0 aliphatic heterocycles. The average molecular weight is 399 g/mol. The smallest absolute Gasteiger partial charge is 0.242 e. The third-order valence-electron chi connectivity index (χ3n) is 3.28. The minimum absolute atomic E-state index is 0.0433. The summed E-state index contributed by atoms with van der Waals surface area (Å²) in [4.78, 5) is 5.29. The molecule has 0 saturated heterocycles. The number of rotatable bonds is 5. The first kappa shape index (κ1) is 17.4. The van der Waals surface area contributed by atoms with Crippen molar-refractivity contribution in [2.45, 2.75) is 11.4 Å². The Labute approximate surface area is 154 Å². The quantitative estimate of drug-likeness (QED) is 0.683. The monoisotopic (exact) mass is 398 g/mol. The molecule has 0 aliphatic carbocycles. The van der Waals surface area contributed by atoms with Crippen LogP contribution in [-0.2, 0) is 16.6 Å². The molecule has 24 heavy (non-hydrogen) atoms. The Balaban J connectivity index is 1.87. The highest BCUT2D eigenvalue weighted by atomic mass is 35.5. The van der Waals surface area contributed by atoms with Gasteiger partial charge < -0.3 is 0 Å². The van der Waals surface area contributed by atoms with Crippen LogP contribution < -0.4 is 4.72 Å². The summed E-state index contributed by atoms with van der Waals surface area (Å²) in [6, 6.07) is 11.8. The summed E-state index contributed by atoms with van der Waals surface area (Å²) in [6.07, 6.45) is 1.68. The zero-order valence-electron chi connectivity index (χ0n) is 12.2. The van der Waals surface area contributed by atoms with Crippen molar-refractivity contribution < 1.29 is 8.42 Å². The lowest BCUT2D eigenvalue weighted by Gasteiger charge is -2.11. The van der Waals surface area contributed by atoms with Crippen molar-refractivity contribution in [2.75, 3.05) is 0 Å². The fourth-order valence-electron chi connectivity index (χ4n) is 2.15. The second-order valence-electron chi connectivity index (χ2n) is 4.89. The highest BCUT2D eigenvalue weighted by Crippen LogP contribution is 2.27. The molecule has 4 nitrogen and oxygen atoms in total. The normalized spacial score (nSPS) is 11.6. The zero-order chi connectivity index (χ0) is 17.2. The maximum absolute atomic E-state index is 12.5. The lowest BCUT2D eigenvalue weighted by Crippen LogP contribution is -2.24. The van der Waals surface area contributed by atoms with Crippen LogP contribution in [0.15, 0.2) is 58.9 Å². The standard InChI is InChI=1S/C16H12Cl2N2O2S2/c17-12-5-6-13(18)15(9-12)24(21,22)20-10-11-3-1-7-19-16(11)14-4-2-8-23-14/h1-9,20H,10H2. The molecule has 0 atom stereocenters. The summed E-state index contributed by atoms with van der Waals surface area (Å²) in [7, 11) is -3.79. The number of benzene rings is 1. The molecule has 0 unspecified atom stereocenters. The summed E-state index contributed by atoms with van der Waals surface area (Å²) in [5.41, 5.74) is 1.54. The number of nitrogens with one attached hydrogen (secondary N) is 1. The molecule has 8 heteroatoms. The van der Waals surface area contributed by atoms with Crippen LogP contribution in [0, 0.1) is 0 Å². The van der Waals surface area contributed by atoms with Crippen LogP contribution in [0.3, 0.4) is 0 Å². The Kier molecular flexibility index (Phi) is 5.22. The Bertz CT molecular complexity index is 958. The highest BCUT2D eigenvalue weighted by molar-refractivity contribution is 7.89. The number of thiophene rings is 1. The minimum atomic E-state index is -3.79. The maximum Gasteiger partial charge on any atom is 0.242 e. The third kappa shape index (κ3) is 3.79. The predicted molar refractivity (Wildman–Crippen MR) is 98.0 cm³/mol. The molecule has 2 heterocycles. The Morgan fingerprint density at radius 2 is 1.96 bits per heavy atom. The van der Waals surface area contributed by atoms with Gasteiger partial charge in [0.15, 0.2) is 0 Å². The van der Waals surface area contributed by atoms with E-state index in [1.165, 1.54) is 12.1 Å². The van der Waals surface area contributed by atoms with Gasteiger partial charge in [-0.3, -0.25) is 4.98 Å². The Morgan fingerprint density at radius 1 is 1.12 bits per heavy atom. The van der Waals surface area contributed by atoms with Crippen LogP contribution in [-0.4, -0.2) is 13.4 Å². The van der Waals surface area contributed by atoms with Gasteiger partial charge in [-0.25, -0.2) is 13.1 Å². The van der Waals surface area contributed by atoms with E-state index in [4.69, 9.17) is 23.2 Å². The molecule has 0 amide bonds. The molecule has 0 radical (unpaired) electrons. The summed E-state index contributed by atoms with van der Waals surface area (Å²) in [6.45, 7) is 0.103. The number of halogens is 2. The van der Waals surface area contributed by atoms with Crippen LogP contribution in [0.5, 0.6) is 0 Å². The van der Waals surface area contributed by atoms with E-state index in [9.17, 15) is 8.42 Å². The lowest BCUT2D eigenvalue weighted by molar-refractivity contribution is 0.581. The molecule has 0 saturated carbocycles. The molecular formula is C16H12Cl2N2O2S2. The number of nitrogens with zero attached hydrogens (tertiary/aromatic N) is 1. The molecule has 0 bridgehead atoms. The third-order valence-corrected chi connectivity index (χ3v) is 6.28. The summed E-state index contributed by atoms with van der Waals surface area (Å²) in [5, 5.41) is 2.38. The molecule has 1 N–H and O–H groups in total. The van der Waals surface area contributed by atoms with Gasteiger partial charge in [-0.1, -0.05) is 35.3 Å². The molecule has 1 aromatic carbocycles. The van der Waals surface area contributed by atoms with Crippen molar-refractivity contribution >= 4 is 44.6 Å². The van der Waals surface area contributed by atoms with E-state index < -0.39 is 10.0 Å². The SMILES string of the molecule is O=S(=O)(NCc1cccnc1-c1cccs1)c1cc(Cl)ccc1Cl. The van der Waals surface area contributed by atoms with Gasteiger partial charge in [0.25, 0.3) is 0 Å². The number of pyridine rings is 1. The Hall–Kier alpha value is -1.44. The van der Waals surface area contributed by atoms with Crippen molar-refractivity contribution in [3.63, 3.8) is 0 Å². The molecule has 2 aromatic heterocycles. The van der Waals surface area contributed by atoms with E-state index in [1.54, 1.807) is 29.7 Å². The van der Waals surface area contributed by atoms with Crippen LogP contribution >= 0.6 is 34.5 Å². The van der Waals surface area contributed by atoms with Gasteiger partial charge in [0.2, 0.25) is 10.0 Å². The molecule has 0 fully saturated rings. The molecule has 3 rings (SSSR count). The fraction of sp³-hybridized carbons (Fsp3) is 0.0625. The van der Waals surface area contributed by atoms with Gasteiger partial charge in [0.1, 0.15) is 4.90 Å². The zero-order valence-corrected chi connectivity index (χ0v) is 15.4. The summed E-state index contributed by atoms with van der Waals surface area (Å²) < 4.78 is 27.6. The van der Waals surface area contributed by atoms with Crippen molar-refractivity contribution in [1.29, 1.82) is 0 Å². The van der Waals surface area contributed by atoms with E-state index in [1.807, 2.05) is 23.6 Å². The first-order valence-electron chi connectivity index (χ1n) is 6.90. The number of hydrogen-bond acceptors (Lipinski definition) is 4. The van der Waals surface area contributed by atoms with E-state index in [0.717, 1.165) is 16.1 Å². The maximum atomic E-state index is 12.5. The Morgan fingerprint density at radius 3 is 2.71 bits per heavy atom. The first-order valence-corrected chi connectivity index (χ1v) is 10.0.